The van der Waals surface area contributed by atoms with Gasteiger partial charge in [-0.2, -0.15) is 0 Å². The van der Waals surface area contributed by atoms with E-state index in [1.165, 1.54) is 0 Å². The van der Waals surface area contributed by atoms with E-state index in [9.17, 15) is 0 Å². The summed E-state index contributed by atoms with van der Waals surface area (Å²) in [5, 5.41) is 12.5. The van der Waals surface area contributed by atoms with E-state index in [4.69, 9.17) is 27.3 Å². The summed E-state index contributed by atoms with van der Waals surface area (Å²) in [5.74, 6) is 0. The monoisotopic (exact) mass is 164 g/mol. The molecular weight excluding hydrogens is 156 g/mol. The van der Waals surface area contributed by atoms with Crippen molar-refractivity contribution >= 4 is 16.8 Å². The zero-order chi connectivity index (χ0) is 7.56. The zero-order valence-electron chi connectivity index (χ0n) is 5.33. The quantitative estimate of drug-likeness (QED) is 0.586. The Morgan fingerprint density at radius 2 is 2.70 bits per heavy atom. The Hall–Kier alpha value is -0.320. The minimum atomic E-state index is -0.389. The fraction of sp³-hybridized carbons (Fsp3) is 0.800. The van der Waals surface area contributed by atoms with Crippen molar-refractivity contribution in [3.63, 3.8) is 0 Å². The maximum Gasteiger partial charge on any atom is 0.151 e. The average Bonchev–Trinajstić information content (AvgIpc) is 2.34. The molecule has 5 heteroatoms. The van der Waals surface area contributed by atoms with Gasteiger partial charge in [-0.1, -0.05) is 16.8 Å². The molecule has 0 aromatic rings. The van der Waals surface area contributed by atoms with Gasteiger partial charge in [0, 0.05) is 6.42 Å². The zero-order valence-corrected chi connectivity index (χ0v) is 6.08. The topological polar surface area (TPSA) is 67.8 Å². The standard InChI is InChI=1S/C5H9ClN2O2/c6-5-1-4(10-8-5)3(7)2-9/h3-4,9H,1-2,7H2/t3-,4?/m1/s1. The lowest BCUT2D eigenvalue weighted by atomic mass is 10.1. The molecule has 58 valence electrons. The molecule has 1 aliphatic heterocycles. The van der Waals surface area contributed by atoms with E-state index in [1.807, 2.05) is 0 Å². The highest BCUT2D eigenvalue weighted by Gasteiger charge is 2.25. The molecule has 0 aliphatic carbocycles. The molecule has 1 rings (SSSR count). The average molecular weight is 165 g/mol. The molecule has 0 fully saturated rings. The molecule has 3 N–H and O–H groups in total. The van der Waals surface area contributed by atoms with Gasteiger partial charge in [-0.05, 0) is 0 Å². The van der Waals surface area contributed by atoms with Crippen LogP contribution in [0.1, 0.15) is 6.42 Å². The Kier molecular flexibility index (Phi) is 2.48. The second-order valence-electron chi connectivity index (χ2n) is 2.16. The summed E-state index contributed by atoms with van der Waals surface area (Å²) in [6, 6.07) is -0.389. The molecule has 0 spiro atoms. The number of oxime groups is 1. The van der Waals surface area contributed by atoms with E-state index >= 15 is 0 Å². The van der Waals surface area contributed by atoms with Crippen molar-refractivity contribution in [3.8, 4) is 0 Å². The molecule has 1 heterocycles. The predicted molar refractivity (Wildman–Crippen MR) is 37.8 cm³/mol. The molecule has 0 amide bonds. The fourth-order valence-electron chi connectivity index (χ4n) is 0.713. The van der Waals surface area contributed by atoms with Crippen LogP contribution < -0.4 is 5.73 Å². The van der Waals surface area contributed by atoms with Crippen LogP contribution in [0.3, 0.4) is 0 Å². The summed E-state index contributed by atoms with van der Waals surface area (Å²) >= 11 is 5.50. The van der Waals surface area contributed by atoms with Gasteiger partial charge in [-0.3, -0.25) is 0 Å². The van der Waals surface area contributed by atoms with Crippen LogP contribution in [0.25, 0.3) is 0 Å². The number of rotatable bonds is 2. The Balaban J connectivity index is 2.34. The van der Waals surface area contributed by atoms with E-state index in [0.29, 0.717) is 11.6 Å². The van der Waals surface area contributed by atoms with Crippen LogP contribution in [0.2, 0.25) is 0 Å². The van der Waals surface area contributed by atoms with Gasteiger partial charge < -0.3 is 15.7 Å². The number of aliphatic hydroxyl groups is 1. The van der Waals surface area contributed by atoms with Crippen LogP contribution in [0, 0.1) is 0 Å². The van der Waals surface area contributed by atoms with E-state index in [-0.39, 0.29) is 18.8 Å². The molecular formula is C5H9ClN2O2. The van der Waals surface area contributed by atoms with Crippen LogP contribution >= 0.6 is 11.6 Å². The van der Waals surface area contributed by atoms with Gasteiger partial charge in [-0.25, -0.2) is 0 Å². The van der Waals surface area contributed by atoms with E-state index in [2.05, 4.69) is 5.16 Å². The van der Waals surface area contributed by atoms with Gasteiger partial charge in [0.1, 0.15) is 5.17 Å². The number of hydrogen-bond donors (Lipinski definition) is 2. The third-order valence-corrected chi connectivity index (χ3v) is 1.57. The predicted octanol–water partition coefficient (Wildman–Crippen LogP) is -0.353. The number of nitrogens with two attached hydrogens (primary N) is 1. The van der Waals surface area contributed by atoms with E-state index in [1.54, 1.807) is 0 Å². The summed E-state index contributed by atoms with van der Waals surface area (Å²) < 4.78 is 0. The first kappa shape index (κ1) is 7.78. The van der Waals surface area contributed by atoms with Crippen molar-refractivity contribution in [2.45, 2.75) is 18.6 Å². The van der Waals surface area contributed by atoms with Crippen molar-refractivity contribution in [2.75, 3.05) is 6.61 Å². The van der Waals surface area contributed by atoms with Gasteiger partial charge in [-0.15, -0.1) is 0 Å². The van der Waals surface area contributed by atoms with E-state index < -0.39 is 0 Å². The molecule has 1 aliphatic rings. The summed E-state index contributed by atoms with van der Waals surface area (Å²) in [4.78, 5) is 4.79. The van der Waals surface area contributed by atoms with Crippen LogP contribution in [-0.2, 0) is 4.84 Å². The maximum atomic E-state index is 8.58. The van der Waals surface area contributed by atoms with Crippen LogP contribution in [0.5, 0.6) is 0 Å². The fourth-order valence-corrected chi connectivity index (χ4v) is 0.904. The normalized spacial score (nSPS) is 27.5. The maximum absolute atomic E-state index is 8.58. The summed E-state index contributed by atoms with van der Waals surface area (Å²) in [6.07, 6.45) is 0.251. The second kappa shape index (κ2) is 3.18. The lowest BCUT2D eigenvalue weighted by Crippen LogP contribution is -2.37. The highest BCUT2D eigenvalue weighted by molar-refractivity contribution is 6.65. The highest BCUT2D eigenvalue weighted by Crippen LogP contribution is 2.14. The molecule has 0 aromatic carbocycles. The number of nitrogens with zero attached hydrogens (tertiary/aromatic N) is 1. The minimum absolute atomic E-state index is 0.107. The Bertz CT molecular complexity index is 151. The highest BCUT2D eigenvalue weighted by atomic mass is 35.5. The summed E-state index contributed by atoms with van der Waals surface area (Å²) in [7, 11) is 0. The Morgan fingerprint density at radius 1 is 2.00 bits per heavy atom. The molecule has 0 bridgehead atoms. The Morgan fingerprint density at radius 3 is 3.10 bits per heavy atom. The Labute approximate surface area is 63.6 Å². The van der Waals surface area contributed by atoms with Crippen LogP contribution in [-0.4, -0.2) is 29.0 Å². The van der Waals surface area contributed by atoms with Gasteiger partial charge in [0.2, 0.25) is 0 Å². The largest absolute Gasteiger partial charge is 0.395 e. The van der Waals surface area contributed by atoms with Crippen molar-refractivity contribution in [1.82, 2.24) is 0 Å². The molecule has 0 saturated carbocycles. The molecule has 0 radical (unpaired) electrons. The third-order valence-electron chi connectivity index (χ3n) is 1.35. The van der Waals surface area contributed by atoms with Crippen molar-refractivity contribution in [3.05, 3.63) is 0 Å². The molecule has 2 atom stereocenters. The number of hydrogen-bond acceptors (Lipinski definition) is 4. The first-order valence-electron chi connectivity index (χ1n) is 2.98. The van der Waals surface area contributed by atoms with Crippen LogP contribution in [0.4, 0.5) is 0 Å². The van der Waals surface area contributed by atoms with Gasteiger partial charge in [0.05, 0.1) is 12.6 Å². The third kappa shape index (κ3) is 1.59. The van der Waals surface area contributed by atoms with Crippen molar-refractivity contribution < 1.29 is 9.94 Å². The first-order valence-corrected chi connectivity index (χ1v) is 3.36. The smallest absolute Gasteiger partial charge is 0.151 e. The SMILES string of the molecule is N[C@H](CO)C1CC(Cl)=NO1. The molecule has 0 saturated heterocycles. The van der Waals surface area contributed by atoms with Crippen molar-refractivity contribution in [1.29, 1.82) is 0 Å². The summed E-state index contributed by atoms with van der Waals surface area (Å²) in [5.41, 5.74) is 5.43. The van der Waals surface area contributed by atoms with Crippen LogP contribution in [0.15, 0.2) is 5.16 Å². The second-order valence-corrected chi connectivity index (χ2v) is 2.60. The molecule has 1 unspecified atom stereocenters. The first-order chi connectivity index (χ1) is 4.74. The number of halogens is 1. The molecule has 4 nitrogen and oxygen atoms in total. The molecule has 0 aromatic heterocycles. The van der Waals surface area contributed by atoms with E-state index in [0.717, 1.165) is 0 Å². The van der Waals surface area contributed by atoms with Gasteiger partial charge >= 0.3 is 0 Å². The molecule has 10 heavy (non-hydrogen) atoms. The summed E-state index contributed by atoms with van der Waals surface area (Å²) in [6.45, 7) is -0.107. The van der Waals surface area contributed by atoms with Crippen molar-refractivity contribution in [2.24, 2.45) is 10.9 Å². The minimum Gasteiger partial charge on any atom is -0.395 e. The lowest BCUT2D eigenvalue weighted by Gasteiger charge is -2.13. The number of aliphatic hydroxyl groups excluding tert-OH is 1. The lowest BCUT2D eigenvalue weighted by molar-refractivity contribution is 0.0484. The van der Waals surface area contributed by atoms with Gasteiger partial charge in [0.15, 0.2) is 6.10 Å². The van der Waals surface area contributed by atoms with Gasteiger partial charge in [0.25, 0.3) is 0 Å².